The minimum Gasteiger partial charge on any atom is -0.323 e. The van der Waals surface area contributed by atoms with Crippen molar-refractivity contribution < 1.29 is 18.0 Å². The van der Waals surface area contributed by atoms with Gasteiger partial charge in [0.05, 0.1) is 10.9 Å². The van der Waals surface area contributed by atoms with E-state index in [9.17, 15) is 18.0 Å². The molecule has 0 unspecified atom stereocenters. The van der Waals surface area contributed by atoms with Gasteiger partial charge in [-0.25, -0.2) is 18.2 Å². The van der Waals surface area contributed by atoms with Crippen LogP contribution in [-0.2, 0) is 4.79 Å². The van der Waals surface area contributed by atoms with E-state index in [1.54, 1.807) is 6.92 Å². The molecule has 3 rings (SSSR count). The van der Waals surface area contributed by atoms with Crippen LogP contribution in [0.4, 0.5) is 18.9 Å². The fourth-order valence-electron chi connectivity index (χ4n) is 2.14. The fraction of sp³-hybridized carbons (Fsp3) is 0.118. The van der Waals surface area contributed by atoms with Crippen LogP contribution in [0, 0.1) is 17.5 Å². The first-order valence-corrected chi connectivity index (χ1v) is 9.32. The first-order valence-electron chi connectivity index (χ1n) is 7.65. The molecule has 1 aromatic heterocycles. The molecule has 0 aliphatic carbocycles. The lowest BCUT2D eigenvalue weighted by Gasteiger charge is -2.11. The Morgan fingerprint density at radius 3 is 2.67 bits per heavy atom. The van der Waals surface area contributed by atoms with Crippen molar-refractivity contribution in [3.05, 3.63) is 58.3 Å². The average Bonchev–Trinajstić information content (AvgIpc) is 3.10. The zero-order valence-electron chi connectivity index (χ0n) is 13.8. The number of halogens is 4. The predicted molar refractivity (Wildman–Crippen MR) is 99.8 cm³/mol. The highest BCUT2D eigenvalue weighted by molar-refractivity contribution is 9.10. The molecule has 0 fully saturated rings. The van der Waals surface area contributed by atoms with Gasteiger partial charge in [-0.05, 0) is 25.1 Å². The van der Waals surface area contributed by atoms with Crippen molar-refractivity contribution in [3.63, 3.8) is 0 Å². The Bertz CT molecular complexity index is 998. The molecule has 0 radical (unpaired) electrons. The number of carbonyl (C=O) groups excluding carboxylic acids is 1. The molecular formula is C17H12BrF3N4OS. The average molecular weight is 457 g/mol. The van der Waals surface area contributed by atoms with Crippen LogP contribution in [0.2, 0.25) is 0 Å². The molecular weight excluding hydrogens is 445 g/mol. The maximum Gasteiger partial charge on any atom is 0.237 e. The number of carbonyl (C=O) groups is 1. The Labute approximate surface area is 164 Å². The molecule has 1 atom stereocenters. The Balaban J connectivity index is 1.69. The third kappa shape index (κ3) is 4.33. The molecule has 3 aromatic rings. The maximum absolute atomic E-state index is 13.7. The minimum atomic E-state index is -1.64. The number of H-pyrrole nitrogens is 1. The van der Waals surface area contributed by atoms with E-state index in [2.05, 4.69) is 36.4 Å². The molecule has 0 saturated carbocycles. The van der Waals surface area contributed by atoms with E-state index in [0.29, 0.717) is 11.0 Å². The smallest absolute Gasteiger partial charge is 0.237 e. The molecule has 10 heteroatoms. The van der Waals surface area contributed by atoms with Crippen LogP contribution in [-0.4, -0.2) is 26.3 Å². The summed E-state index contributed by atoms with van der Waals surface area (Å²) in [5.41, 5.74) is 0.369. The van der Waals surface area contributed by atoms with Gasteiger partial charge < -0.3 is 5.32 Å². The lowest BCUT2D eigenvalue weighted by atomic mass is 10.2. The van der Waals surface area contributed by atoms with Crippen LogP contribution < -0.4 is 5.32 Å². The summed E-state index contributed by atoms with van der Waals surface area (Å²) in [7, 11) is 0. The molecule has 27 heavy (non-hydrogen) atoms. The molecule has 1 amide bonds. The summed E-state index contributed by atoms with van der Waals surface area (Å²) < 4.78 is 40.7. The van der Waals surface area contributed by atoms with E-state index in [1.165, 1.54) is 0 Å². The Morgan fingerprint density at radius 1 is 1.19 bits per heavy atom. The zero-order chi connectivity index (χ0) is 19.6. The molecule has 0 spiro atoms. The van der Waals surface area contributed by atoms with E-state index in [4.69, 9.17) is 0 Å². The first-order chi connectivity index (χ1) is 12.9. The van der Waals surface area contributed by atoms with Crippen LogP contribution >= 0.6 is 27.7 Å². The quantitative estimate of drug-likeness (QED) is 0.428. The number of aromatic amines is 1. The minimum absolute atomic E-state index is 0.314. The van der Waals surface area contributed by atoms with Crippen LogP contribution in [0.5, 0.6) is 0 Å². The van der Waals surface area contributed by atoms with E-state index < -0.39 is 34.3 Å². The maximum atomic E-state index is 13.7. The van der Waals surface area contributed by atoms with E-state index in [0.717, 1.165) is 33.9 Å². The van der Waals surface area contributed by atoms with E-state index >= 15 is 0 Å². The van der Waals surface area contributed by atoms with Crippen LogP contribution in [0.1, 0.15) is 6.92 Å². The van der Waals surface area contributed by atoms with Crippen molar-refractivity contribution in [3.8, 4) is 11.4 Å². The molecule has 0 saturated heterocycles. The summed E-state index contributed by atoms with van der Waals surface area (Å²) in [6.07, 6.45) is 0. The van der Waals surface area contributed by atoms with Crippen LogP contribution in [0.25, 0.3) is 11.4 Å². The molecule has 2 N–H and O–H groups in total. The Morgan fingerprint density at radius 2 is 1.93 bits per heavy atom. The topological polar surface area (TPSA) is 70.7 Å². The van der Waals surface area contributed by atoms with Crippen molar-refractivity contribution in [1.29, 1.82) is 0 Å². The monoisotopic (exact) mass is 456 g/mol. The number of hydrogen-bond donors (Lipinski definition) is 2. The summed E-state index contributed by atoms with van der Waals surface area (Å²) in [5.74, 6) is -4.50. The van der Waals surface area contributed by atoms with Crippen molar-refractivity contribution >= 4 is 39.3 Å². The van der Waals surface area contributed by atoms with Gasteiger partial charge in [-0.2, -0.15) is 0 Å². The number of nitrogens with one attached hydrogen (secondary N) is 2. The second-order valence-corrected chi connectivity index (χ2v) is 7.58. The lowest BCUT2D eigenvalue weighted by Crippen LogP contribution is -2.23. The first kappa shape index (κ1) is 19.4. The number of aromatic nitrogens is 3. The molecule has 0 aliphatic rings. The molecule has 2 aromatic carbocycles. The number of benzene rings is 2. The SMILES string of the molecule is C[C@H](Sc1n[nH]c(-c2ccccc2Br)n1)C(=O)Nc1ccc(F)c(F)c1F. The Kier molecular flexibility index (Phi) is 5.85. The zero-order valence-corrected chi connectivity index (χ0v) is 16.2. The molecule has 1 heterocycles. The van der Waals surface area contributed by atoms with Gasteiger partial charge in [0.1, 0.15) is 0 Å². The summed E-state index contributed by atoms with van der Waals surface area (Å²) in [6.45, 7) is 1.56. The third-order valence-electron chi connectivity index (χ3n) is 3.54. The third-order valence-corrected chi connectivity index (χ3v) is 5.19. The van der Waals surface area contributed by atoms with Crippen molar-refractivity contribution in [2.45, 2.75) is 17.3 Å². The summed E-state index contributed by atoms with van der Waals surface area (Å²) >= 11 is 4.45. The lowest BCUT2D eigenvalue weighted by molar-refractivity contribution is -0.115. The van der Waals surface area contributed by atoms with Gasteiger partial charge in [0, 0.05) is 10.0 Å². The van der Waals surface area contributed by atoms with Crippen molar-refractivity contribution in [2.24, 2.45) is 0 Å². The van der Waals surface area contributed by atoms with Crippen molar-refractivity contribution in [2.75, 3.05) is 5.32 Å². The number of hydrogen-bond acceptors (Lipinski definition) is 4. The number of thioether (sulfide) groups is 1. The highest BCUT2D eigenvalue weighted by atomic mass is 79.9. The second-order valence-electron chi connectivity index (χ2n) is 5.42. The number of rotatable bonds is 5. The molecule has 140 valence electrons. The van der Waals surface area contributed by atoms with Crippen LogP contribution in [0.3, 0.4) is 0 Å². The number of nitrogens with zero attached hydrogens (tertiary/aromatic N) is 2. The van der Waals surface area contributed by atoms with Gasteiger partial charge in [-0.3, -0.25) is 9.89 Å². The van der Waals surface area contributed by atoms with Gasteiger partial charge in [0.15, 0.2) is 23.3 Å². The summed E-state index contributed by atoms with van der Waals surface area (Å²) in [4.78, 5) is 16.5. The van der Waals surface area contributed by atoms with Gasteiger partial charge in [0.25, 0.3) is 0 Å². The van der Waals surface area contributed by atoms with Gasteiger partial charge in [-0.15, -0.1) is 5.10 Å². The molecule has 0 aliphatic heterocycles. The van der Waals surface area contributed by atoms with Crippen LogP contribution in [0.15, 0.2) is 46.0 Å². The standard InChI is InChI=1S/C17H12BrF3N4OS/c1-8(16(26)22-12-7-6-11(19)13(20)14(12)21)27-17-23-15(24-25-17)9-4-2-3-5-10(9)18/h2-8H,1H3,(H,22,26)(H,23,24,25)/t8-/m0/s1. The van der Waals surface area contributed by atoms with Gasteiger partial charge in [-0.1, -0.05) is 45.9 Å². The predicted octanol–water partition coefficient (Wildman–Crippen LogP) is 4.77. The molecule has 0 bridgehead atoms. The highest BCUT2D eigenvalue weighted by Gasteiger charge is 2.21. The Hall–Kier alpha value is -2.33. The number of anilines is 1. The largest absolute Gasteiger partial charge is 0.323 e. The van der Waals surface area contributed by atoms with Crippen molar-refractivity contribution in [1.82, 2.24) is 15.2 Å². The fourth-order valence-corrected chi connectivity index (χ4v) is 3.34. The van der Waals surface area contributed by atoms with E-state index in [1.807, 2.05) is 24.3 Å². The highest BCUT2D eigenvalue weighted by Crippen LogP contribution is 2.28. The number of amides is 1. The normalized spacial score (nSPS) is 12.0. The summed E-state index contributed by atoms with van der Waals surface area (Å²) in [5, 5.41) is 8.67. The second kappa shape index (κ2) is 8.13. The van der Waals surface area contributed by atoms with E-state index in [-0.39, 0.29) is 0 Å². The summed E-state index contributed by atoms with van der Waals surface area (Å²) in [6, 6.07) is 9.12. The van der Waals surface area contributed by atoms with Gasteiger partial charge >= 0.3 is 0 Å². The van der Waals surface area contributed by atoms with Gasteiger partial charge in [0.2, 0.25) is 11.1 Å². The molecule has 5 nitrogen and oxygen atoms in total.